The number of hydroxylamine groups is 2. The lowest BCUT2D eigenvalue weighted by atomic mass is 10.2. The first-order chi connectivity index (χ1) is 9.10. The van der Waals surface area contributed by atoms with E-state index in [1.165, 1.54) is 14.2 Å². The Morgan fingerprint density at radius 1 is 1.20 bits per heavy atom. The van der Waals surface area contributed by atoms with E-state index in [4.69, 9.17) is 9.57 Å². The highest BCUT2D eigenvalue weighted by Crippen LogP contribution is 2.08. The molecule has 0 saturated heterocycles. The number of nitrogens with zero attached hydrogens (tertiary/aromatic N) is 1. The number of carbonyl (C=O) groups excluding carboxylic acids is 3. The summed E-state index contributed by atoms with van der Waals surface area (Å²) >= 11 is 0. The summed E-state index contributed by atoms with van der Waals surface area (Å²) in [6, 6.07) is -1.14. The Kier molecular flexibility index (Phi) is 6.98. The molecule has 0 aliphatic heterocycles. The van der Waals surface area contributed by atoms with Crippen LogP contribution in [-0.4, -0.2) is 55.9 Å². The molecule has 0 unspecified atom stereocenters. The summed E-state index contributed by atoms with van der Waals surface area (Å²) in [5.74, 6) is -1.23. The number of carbonyl (C=O) groups is 3. The van der Waals surface area contributed by atoms with Crippen LogP contribution in [0, 0.1) is 0 Å². The van der Waals surface area contributed by atoms with Crippen LogP contribution in [0.3, 0.4) is 0 Å². The quantitative estimate of drug-likeness (QED) is 0.584. The van der Waals surface area contributed by atoms with Crippen LogP contribution in [0.4, 0.5) is 4.79 Å². The van der Waals surface area contributed by atoms with E-state index in [1.54, 1.807) is 20.8 Å². The van der Waals surface area contributed by atoms with E-state index in [1.807, 2.05) is 0 Å². The molecular weight excluding hydrogens is 268 g/mol. The Morgan fingerprint density at radius 3 is 2.15 bits per heavy atom. The van der Waals surface area contributed by atoms with Gasteiger partial charge in [-0.25, -0.2) is 14.7 Å². The van der Waals surface area contributed by atoms with Crippen molar-refractivity contribution < 1.29 is 28.7 Å². The molecule has 20 heavy (non-hydrogen) atoms. The Bertz CT molecular complexity index is 363. The van der Waals surface area contributed by atoms with E-state index >= 15 is 0 Å². The van der Waals surface area contributed by atoms with Crippen LogP contribution in [0.1, 0.15) is 27.2 Å². The summed E-state index contributed by atoms with van der Waals surface area (Å²) in [5, 5.41) is 3.25. The van der Waals surface area contributed by atoms with Gasteiger partial charge in [0.05, 0.1) is 20.6 Å². The highest BCUT2D eigenvalue weighted by molar-refractivity contribution is 5.87. The van der Waals surface area contributed by atoms with Crippen LogP contribution < -0.4 is 5.32 Å². The normalized spacial score (nSPS) is 12.3. The summed E-state index contributed by atoms with van der Waals surface area (Å²) in [7, 11) is 3.87. The number of amides is 2. The maximum absolute atomic E-state index is 11.7. The zero-order valence-electron chi connectivity index (χ0n) is 12.7. The lowest BCUT2D eigenvalue weighted by Gasteiger charge is -2.23. The average Bonchev–Trinajstić information content (AvgIpc) is 2.33. The first-order valence-electron chi connectivity index (χ1n) is 5.98. The van der Waals surface area contributed by atoms with E-state index in [0.29, 0.717) is 0 Å². The van der Waals surface area contributed by atoms with Gasteiger partial charge in [0.1, 0.15) is 11.6 Å². The molecule has 0 heterocycles. The average molecular weight is 290 g/mol. The molecule has 8 heteroatoms. The van der Waals surface area contributed by atoms with E-state index in [-0.39, 0.29) is 6.42 Å². The molecule has 0 bridgehead atoms. The van der Waals surface area contributed by atoms with E-state index in [2.05, 4.69) is 10.1 Å². The van der Waals surface area contributed by atoms with Crippen LogP contribution in [-0.2, 0) is 23.9 Å². The first kappa shape index (κ1) is 18.2. The van der Waals surface area contributed by atoms with Gasteiger partial charge in [0, 0.05) is 7.05 Å². The van der Waals surface area contributed by atoms with Crippen LogP contribution in [0.25, 0.3) is 0 Å². The number of alkyl carbamates (subject to hydrolysis) is 1. The summed E-state index contributed by atoms with van der Waals surface area (Å²) in [5.41, 5.74) is -0.710. The molecular formula is C12H22N2O6. The number of hydrogen-bond acceptors (Lipinski definition) is 6. The van der Waals surface area contributed by atoms with Gasteiger partial charge >= 0.3 is 12.1 Å². The van der Waals surface area contributed by atoms with Gasteiger partial charge in [-0.15, -0.1) is 0 Å². The summed E-state index contributed by atoms with van der Waals surface area (Å²) < 4.78 is 9.55. The van der Waals surface area contributed by atoms with Crippen molar-refractivity contribution >= 4 is 18.0 Å². The van der Waals surface area contributed by atoms with Crippen LogP contribution in [0.15, 0.2) is 0 Å². The van der Waals surface area contributed by atoms with Gasteiger partial charge in [0.25, 0.3) is 0 Å². The van der Waals surface area contributed by atoms with Crippen molar-refractivity contribution in [2.24, 2.45) is 0 Å². The van der Waals surface area contributed by atoms with Gasteiger partial charge in [-0.2, -0.15) is 0 Å². The Hall–Kier alpha value is -1.83. The highest BCUT2D eigenvalue weighted by Gasteiger charge is 2.28. The molecule has 0 radical (unpaired) electrons. The third-order valence-corrected chi connectivity index (χ3v) is 2.18. The van der Waals surface area contributed by atoms with Crippen LogP contribution in [0.5, 0.6) is 0 Å². The van der Waals surface area contributed by atoms with Crippen molar-refractivity contribution in [2.75, 3.05) is 21.3 Å². The third kappa shape index (κ3) is 6.93. The second-order valence-electron chi connectivity index (χ2n) is 5.00. The Balaban J connectivity index is 4.70. The van der Waals surface area contributed by atoms with Gasteiger partial charge in [-0.05, 0) is 20.8 Å². The zero-order valence-corrected chi connectivity index (χ0v) is 12.7. The maximum atomic E-state index is 11.7. The fourth-order valence-corrected chi connectivity index (χ4v) is 1.19. The largest absolute Gasteiger partial charge is 0.467 e. The fraction of sp³-hybridized carbons (Fsp3) is 0.750. The maximum Gasteiger partial charge on any atom is 0.408 e. The second kappa shape index (κ2) is 7.68. The predicted octanol–water partition coefficient (Wildman–Crippen LogP) is 0.463. The van der Waals surface area contributed by atoms with Crippen molar-refractivity contribution in [3.05, 3.63) is 0 Å². The second-order valence-corrected chi connectivity index (χ2v) is 5.00. The minimum atomic E-state index is -1.14. The topological polar surface area (TPSA) is 94.2 Å². The minimum Gasteiger partial charge on any atom is -0.467 e. The molecule has 8 nitrogen and oxygen atoms in total. The first-order valence-corrected chi connectivity index (χ1v) is 5.98. The SMILES string of the molecule is COC(=O)[C@H](CC(=O)N(C)OC)NC(=O)OC(C)(C)C. The van der Waals surface area contributed by atoms with Gasteiger partial charge < -0.3 is 14.8 Å². The number of hydrogen-bond donors (Lipinski definition) is 1. The van der Waals surface area contributed by atoms with Crippen LogP contribution in [0.2, 0.25) is 0 Å². The van der Waals surface area contributed by atoms with Gasteiger partial charge in [-0.3, -0.25) is 9.63 Å². The molecule has 0 saturated carbocycles. The molecule has 0 aliphatic carbocycles. The molecule has 0 rings (SSSR count). The molecule has 1 N–H and O–H groups in total. The van der Waals surface area contributed by atoms with E-state index in [0.717, 1.165) is 12.2 Å². The van der Waals surface area contributed by atoms with Crippen molar-refractivity contribution in [1.82, 2.24) is 10.4 Å². The van der Waals surface area contributed by atoms with Crippen molar-refractivity contribution in [3.63, 3.8) is 0 Å². The zero-order chi connectivity index (χ0) is 15.9. The monoisotopic (exact) mass is 290 g/mol. The number of ether oxygens (including phenoxy) is 2. The predicted molar refractivity (Wildman–Crippen MR) is 69.6 cm³/mol. The lowest BCUT2D eigenvalue weighted by Crippen LogP contribution is -2.46. The highest BCUT2D eigenvalue weighted by atomic mass is 16.7. The van der Waals surface area contributed by atoms with E-state index < -0.39 is 29.6 Å². The van der Waals surface area contributed by atoms with Crippen molar-refractivity contribution in [2.45, 2.75) is 38.8 Å². The molecule has 1 atom stereocenters. The molecule has 0 aromatic heterocycles. The summed E-state index contributed by atoms with van der Waals surface area (Å²) in [6.07, 6.45) is -1.10. The number of rotatable bonds is 5. The Labute approximate surface area is 118 Å². The van der Waals surface area contributed by atoms with E-state index in [9.17, 15) is 14.4 Å². The van der Waals surface area contributed by atoms with Gasteiger partial charge in [0.15, 0.2) is 0 Å². The number of methoxy groups -OCH3 is 1. The summed E-state index contributed by atoms with van der Waals surface area (Å²) in [6.45, 7) is 5.05. The minimum absolute atomic E-state index is 0.295. The number of nitrogens with one attached hydrogen (secondary N) is 1. The fourth-order valence-electron chi connectivity index (χ4n) is 1.19. The molecule has 2 amide bonds. The van der Waals surface area contributed by atoms with Gasteiger partial charge in [-0.1, -0.05) is 0 Å². The molecule has 0 spiro atoms. The molecule has 0 aromatic rings. The molecule has 0 aliphatic rings. The van der Waals surface area contributed by atoms with Crippen molar-refractivity contribution in [3.8, 4) is 0 Å². The van der Waals surface area contributed by atoms with Crippen LogP contribution >= 0.6 is 0 Å². The van der Waals surface area contributed by atoms with Gasteiger partial charge in [0.2, 0.25) is 5.91 Å². The molecule has 116 valence electrons. The third-order valence-electron chi connectivity index (χ3n) is 2.18. The smallest absolute Gasteiger partial charge is 0.408 e. The standard InChI is InChI=1S/C12H22N2O6/c1-12(2,3)20-11(17)13-8(10(16)18-5)7-9(15)14(4)19-6/h8H,7H2,1-6H3,(H,13,17)/t8-/m0/s1. The lowest BCUT2D eigenvalue weighted by molar-refractivity contribution is -0.170. The molecule has 0 fully saturated rings. The van der Waals surface area contributed by atoms with Crippen molar-refractivity contribution in [1.29, 1.82) is 0 Å². The number of esters is 1. The molecule has 0 aromatic carbocycles. The summed E-state index contributed by atoms with van der Waals surface area (Å²) in [4.78, 5) is 39.5. The Morgan fingerprint density at radius 2 is 1.75 bits per heavy atom.